The van der Waals surface area contributed by atoms with Crippen LogP contribution in [0.1, 0.15) is 34.6 Å². The van der Waals surface area contributed by atoms with Crippen LogP contribution in [0.25, 0.3) is 0 Å². The second-order valence-corrected chi connectivity index (χ2v) is 2.81. The summed E-state index contributed by atoms with van der Waals surface area (Å²) < 4.78 is 4.80. The summed E-state index contributed by atoms with van der Waals surface area (Å²) in [6.07, 6.45) is 0. The third-order valence-corrected chi connectivity index (χ3v) is 0.931. The van der Waals surface area contributed by atoms with Gasteiger partial charge < -0.3 is 10.5 Å². The van der Waals surface area contributed by atoms with E-state index in [0.717, 1.165) is 0 Å². The van der Waals surface area contributed by atoms with Gasteiger partial charge in [-0.2, -0.15) is 0 Å². The van der Waals surface area contributed by atoms with E-state index < -0.39 is 6.04 Å². The molecule has 1 atom stereocenters. The summed E-state index contributed by atoms with van der Waals surface area (Å²) in [5, 5.41) is 0. The maximum atomic E-state index is 10.7. The summed E-state index contributed by atoms with van der Waals surface area (Å²) in [5.74, 6) is 0.0522. The Morgan fingerprint density at radius 2 is 1.75 bits per heavy atom. The Morgan fingerprint density at radius 3 is 2.00 bits per heavy atom. The Balaban J connectivity index is 0. The van der Waals surface area contributed by atoms with Crippen molar-refractivity contribution in [3.63, 3.8) is 0 Å². The van der Waals surface area contributed by atoms with Gasteiger partial charge in [-0.15, -0.1) is 0 Å². The molecule has 0 aliphatic rings. The minimum Gasteiger partial charge on any atom is -0.464 e. The number of hydrogen-bond acceptors (Lipinski definition) is 3. The molecule has 1 unspecified atom stereocenters. The van der Waals surface area contributed by atoms with Crippen LogP contribution < -0.4 is 5.73 Å². The first kappa shape index (κ1) is 14.0. The van der Waals surface area contributed by atoms with Gasteiger partial charge in [-0.3, -0.25) is 4.79 Å². The average Bonchev–Trinajstić information content (AvgIpc) is 2.03. The summed E-state index contributed by atoms with van der Waals surface area (Å²) in [6, 6.07) is -0.501. The second kappa shape index (κ2) is 8.53. The van der Waals surface area contributed by atoms with Crippen molar-refractivity contribution >= 4 is 5.97 Å². The third kappa shape index (κ3) is 9.43. The summed E-state index contributed by atoms with van der Waals surface area (Å²) in [7, 11) is 0. The first-order valence-corrected chi connectivity index (χ1v) is 4.46. The highest BCUT2D eigenvalue weighted by Crippen LogP contribution is 1.93. The molecule has 3 heteroatoms. The molecular formula is C9H21NO2. The molecule has 0 spiro atoms. The van der Waals surface area contributed by atoms with Crippen molar-refractivity contribution in [3.05, 3.63) is 0 Å². The Labute approximate surface area is 75.3 Å². The van der Waals surface area contributed by atoms with Crippen LogP contribution >= 0.6 is 0 Å². The molecule has 0 saturated carbocycles. The monoisotopic (exact) mass is 175 g/mol. The van der Waals surface area contributed by atoms with Gasteiger partial charge in [0, 0.05) is 0 Å². The number of carbonyl (C=O) groups is 1. The van der Waals surface area contributed by atoms with Crippen molar-refractivity contribution in [2.45, 2.75) is 40.7 Å². The van der Waals surface area contributed by atoms with Crippen LogP contribution in [-0.4, -0.2) is 18.6 Å². The SMILES string of the molecule is CC.CC(C)COC(=O)C(C)N. The van der Waals surface area contributed by atoms with Crippen LogP contribution in [0.5, 0.6) is 0 Å². The van der Waals surface area contributed by atoms with E-state index >= 15 is 0 Å². The predicted molar refractivity (Wildman–Crippen MR) is 50.8 cm³/mol. The molecule has 0 heterocycles. The molecule has 0 aromatic heterocycles. The van der Waals surface area contributed by atoms with Crippen LogP contribution in [-0.2, 0) is 9.53 Å². The van der Waals surface area contributed by atoms with Crippen molar-refractivity contribution in [3.8, 4) is 0 Å². The van der Waals surface area contributed by atoms with Crippen LogP contribution in [0.4, 0.5) is 0 Å². The largest absolute Gasteiger partial charge is 0.464 e. The lowest BCUT2D eigenvalue weighted by molar-refractivity contribution is -0.145. The molecule has 0 bridgehead atoms. The molecule has 0 aliphatic carbocycles. The van der Waals surface area contributed by atoms with E-state index in [9.17, 15) is 4.79 Å². The maximum absolute atomic E-state index is 10.7. The van der Waals surface area contributed by atoms with Crippen LogP contribution in [0.3, 0.4) is 0 Å². The van der Waals surface area contributed by atoms with Crippen LogP contribution in [0.2, 0.25) is 0 Å². The smallest absolute Gasteiger partial charge is 0.322 e. The quantitative estimate of drug-likeness (QED) is 0.662. The lowest BCUT2D eigenvalue weighted by Crippen LogP contribution is -2.29. The van der Waals surface area contributed by atoms with E-state index in [4.69, 9.17) is 10.5 Å². The van der Waals surface area contributed by atoms with E-state index in [1.807, 2.05) is 27.7 Å². The molecule has 2 N–H and O–H groups in total. The Morgan fingerprint density at radius 1 is 1.33 bits per heavy atom. The fraction of sp³-hybridized carbons (Fsp3) is 0.889. The Bertz CT molecular complexity index is 111. The highest BCUT2D eigenvalue weighted by atomic mass is 16.5. The summed E-state index contributed by atoms with van der Waals surface area (Å²) >= 11 is 0. The molecular weight excluding hydrogens is 154 g/mol. The molecule has 74 valence electrons. The van der Waals surface area contributed by atoms with Crippen molar-refractivity contribution in [2.24, 2.45) is 11.7 Å². The predicted octanol–water partition coefficient (Wildman–Crippen LogP) is 1.56. The van der Waals surface area contributed by atoms with Gasteiger partial charge >= 0.3 is 5.97 Å². The Hall–Kier alpha value is -0.570. The zero-order valence-corrected chi connectivity index (χ0v) is 8.76. The van der Waals surface area contributed by atoms with Crippen molar-refractivity contribution < 1.29 is 9.53 Å². The molecule has 0 fully saturated rings. The summed E-state index contributed by atoms with van der Waals surface area (Å²) in [4.78, 5) is 10.7. The van der Waals surface area contributed by atoms with Crippen molar-refractivity contribution in [2.75, 3.05) is 6.61 Å². The van der Waals surface area contributed by atoms with Crippen LogP contribution in [0, 0.1) is 5.92 Å². The fourth-order valence-electron chi connectivity index (χ4n) is 0.380. The fourth-order valence-corrected chi connectivity index (χ4v) is 0.380. The van der Waals surface area contributed by atoms with Gasteiger partial charge in [0.15, 0.2) is 0 Å². The first-order chi connectivity index (χ1) is 5.54. The van der Waals surface area contributed by atoms with E-state index in [0.29, 0.717) is 12.5 Å². The Kier molecular flexibility index (Phi) is 9.93. The second-order valence-electron chi connectivity index (χ2n) is 2.81. The molecule has 0 rings (SSSR count). The molecule has 0 aromatic carbocycles. The minimum atomic E-state index is -0.501. The van der Waals surface area contributed by atoms with Gasteiger partial charge in [0.1, 0.15) is 6.04 Å². The highest BCUT2D eigenvalue weighted by Gasteiger charge is 2.08. The molecule has 0 amide bonds. The summed E-state index contributed by atoms with van der Waals surface area (Å²) in [6.45, 7) is 10.0. The van der Waals surface area contributed by atoms with Gasteiger partial charge in [-0.25, -0.2) is 0 Å². The number of hydrogen-bond donors (Lipinski definition) is 1. The zero-order valence-electron chi connectivity index (χ0n) is 8.76. The van der Waals surface area contributed by atoms with Crippen molar-refractivity contribution in [1.29, 1.82) is 0 Å². The minimum absolute atomic E-state index is 0.325. The van der Waals surface area contributed by atoms with Gasteiger partial charge in [-0.1, -0.05) is 27.7 Å². The molecule has 0 aliphatic heterocycles. The highest BCUT2D eigenvalue weighted by molar-refractivity contribution is 5.74. The number of nitrogens with two attached hydrogens (primary N) is 1. The first-order valence-electron chi connectivity index (χ1n) is 4.46. The molecule has 0 radical (unpaired) electrons. The van der Waals surface area contributed by atoms with Gasteiger partial charge in [0.2, 0.25) is 0 Å². The number of esters is 1. The molecule has 0 aromatic rings. The molecule has 12 heavy (non-hydrogen) atoms. The zero-order chi connectivity index (χ0) is 10.1. The van der Waals surface area contributed by atoms with Gasteiger partial charge in [-0.05, 0) is 12.8 Å². The standard InChI is InChI=1S/C7H15NO2.C2H6/c1-5(2)4-10-7(9)6(3)8;1-2/h5-6H,4,8H2,1-3H3;1-2H3. The van der Waals surface area contributed by atoms with E-state index in [1.54, 1.807) is 6.92 Å². The molecule has 3 nitrogen and oxygen atoms in total. The van der Waals surface area contributed by atoms with Gasteiger partial charge in [0.25, 0.3) is 0 Å². The average molecular weight is 175 g/mol. The number of carbonyl (C=O) groups excluding carboxylic acids is 1. The lowest BCUT2D eigenvalue weighted by Gasteiger charge is -2.08. The third-order valence-electron chi connectivity index (χ3n) is 0.931. The maximum Gasteiger partial charge on any atom is 0.322 e. The van der Waals surface area contributed by atoms with Gasteiger partial charge in [0.05, 0.1) is 6.61 Å². The number of ether oxygens (including phenoxy) is 1. The molecule has 0 saturated heterocycles. The van der Waals surface area contributed by atoms with Crippen LogP contribution in [0.15, 0.2) is 0 Å². The van der Waals surface area contributed by atoms with E-state index in [1.165, 1.54) is 0 Å². The lowest BCUT2D eigenvalue weighted by atomic mass is 10.2. The normalized spacial score (nSPS) is 11.6. The van der Waals surface area contributed by atoms with Crippen molar-refractivity contribution in [1.82, 2.24) is 0 Å². The van der Waals surface area contributed by atoms with E-state index in [2.05, 4.69) is 0 Å². The van der Waals surface area contributed by atoms with E-state index in [-0.39, 0.29) is 5.97 Å². The number of rotatable bonds is 3. The summed E-state index contributed by atoms with van der Waals surface area (Å²) in [5.41, 5.74) is 5.25. The topological polar surface area (TPSA) is 52.3 Å².